The second-order valence-electron chi connectivity index (χ2n) is 10.7. The molecule has 6 heteroatoms. The summed E-state index contributed by atoms with van der Waals surface area (Å²) in [6.07, 6.45) is 2.92. The number of fused-ring (bicyclic) bond motifs is 2. The second-order valence-corrected chi connectivity index (χ2v) is 10.7. The molecule has 5 saturated carbocycles. The van der Waals surface area contributed by atoms with Gasteiger partial charge in [0.2, 0.25) is 0 Å². The van der Waals surface area contributed by atoms with E-state index in [-0.39, 0.29) is 35.3 Å². The largest absolute Gasteiger partial charge is 0.390 e. The zero-order valence-electron chi connectivity index (χ0n) is 17.3. The standard InChI is InChI=1S/C22H35NO5/c1-4-23-10-11-5-6-15(27-2)22-12(11)7-13(18(22)23)20(25)9-16(28-3)21(26)8-14(22)17(20)19(21)24/h11-19,24-26H,4-10H2,1-3H3/t11-,12+,13-,14+,15-,16+,17+,18+,19-,20-,21-,22-/m0/s1. The first-order valence-corrected chi connectivity index (χ1v) is 11.3. The highest BCUT2D eigenvalue weighted by molar-refractivity contribution is 5.34. The minimum absolute atomic E-state index is 0.0679. The molecule has 0 amide bonds. The summed E-state index contributed by atoms with van der Waals surface area (Å²) >= 11 is 0. The molecule has 6 rings (SSSR count). The predicted octanol–water partition coefficient (Wildman–Crippen LogP) is 0.630. The van der Waals surface area contributed by atoms with Crippen LogP contribution in [0.4, 0.5) is 0 Å². The van der Waals surface area contributed by atoms with Gasteiger partial charge in [0.1, 0.15) is 5.60 Å². The molecule has 0 aromatic heterocycles. The summed E-state index contributed by atoms with van der Waals surface area (Å²) in [5.41, 5.74) is -2.30. The van der Waals surface area contributed by atoms with Crippen LogP contribution in [0.3, 0.4) is 0 Å². The molecule has 6 fully saturated rings. The third-order valence-corrected chi connectivity index (χ3v) is 10.6. The van der Waals surface area contributed by atoms with Crippen molar-refractivity contribution in [3.63, 3.8) is 0 Å². The fraction of sp³-hybridized carbons (Fsp3) is 1.00. The fourth-order valence-corrected chi connectivity index (χ4v) is 9.94. The van der Waals surface area contributed by atoms with E-state index in [0.717, 1.165) is 25.9 Å². The van der Waals surface area contributed by atoms with Gasteiger partial charge in [-0.3, -0.25) is 4.90 Å². The summed E-state index contributed by atoms with van der Waals surface area (Å²) in [4.78, 5) is 2.61. The van der Waals surface area contributed by atoms with E-state index in [2.05, 4.69) is 11.8 Å². The molecule has 6 aliphatic rings. The minimum atomic E-state index is -1.26. The molecule has 0 radical (unpaired) electrons. The highest BCUT2D eigenvalue weighted by Crippen LogP contribution is 2.77. The Morgan fingerprint density at radius 1 is 0.964 bits per heavy atom. The molecule has 158 valence electrons. The van der Waals surface area contributed by atoms with E-state index in [1.807, 2.05) is 7.11 Å². The smallest absolute Gasteiger partial charge is 0.117 e. The molecule has 12 atom stereocenters. The fourth-order valence-electron chi connectivity index (χ4n) is 9.94. The van der Waals surface area contributed by atoms with Crippen molar-refractivity contribution < 1.29 is 24.8 Å². The zero-order valence-corrected chi connectivity index (χ0v) is 17.3. The summed E-state index contributed by atoms with van der Waals surface area (Å²) in [5.74, 6) is 1.09. The first kappa shape index (κ1) is 18.5. The number of ether oxygens (including phenoxy) is 2. The number of hydrogen-bond acceptors (Lipinski definition) is 6. The van der Waals surface area contributed by atoms with Crippen molar-refractivity contribution in [2.24, 2.45) is 35.0 Å². The quantitative estimate of drug-likeness (QED) is 0.653. The maximum Gasteiger partial charge on any atom is 0.117 e. The molecule has 1 heterocycles. The average molecular weight is 394 g/mol. The monoisotopic (exact) mass is 393 g/mol. The molecular weight excluding hydrogens is 358 g/mol. The predicted molar refractivity (Wildman–Crippen MR) is 102 cm³/mol. The van der Waals surface area contributed by atoms with Gasteiger partial charge < -0.3 is 24.8 Å². The van der Waals surface area contributed by atoms with Crippen molar-refractivity contribution in [2.75, 3.05) is 27.3 Å². The van der Waals surface area contributed by atoms with E-state index in [0.29, 0.717) is 24.7 Å². The molecule has 6 nitrogen and oxygen atoms in total. The van der Waals surface area contributed by atoms with Crippen molar-refractivity contribution in [3.8, 4) is 0 Å². The van der Waals surface area contributed by atoms with Crippen LogP contribution in [0.1, 0.15) is 39.0 Å². The number of methoxy groups -OCH3 is 2. The lowest BCUT2D eigenvalue weighted by Gasteiger charge is -2.66. The van der Waals surface area contributed by atoms with E-state index in [1.54, 1.807) is 7.11 Å². The number of hydrogen-bond donors (Lipinski definition) is 3. The Kier molecular flexibility index (Phi) is 3.65. The number of rotatable bonds is 3. The topological polar surface area (TPSA) is 82.4 Å². The zero-order chi connectivity index (χ0) is 19.6. The molecule has 1 saturated heterocycles. The van der Waals surface area contributed by atoms with E-state index in [9.17, 15) is 15.3 Å². The van der Waals surface area contributed by atoms with Gasteiger partial charge in [0.05, 0.1) is 23.9 Å². The molecule has 0 aromatic rings. The van der Waals surface area contributed by atoms with Gasteiger partial charge in [0.25, 0.3) is 0 Å². The number of aliphatic hydroxyl groups is 3. The van der Waals surface area contributed by atoms with Gasteiger partial charge in [-0.25, -0.2) is 0 Å². The minimum Gasteiger partial charge on any atom is -0.390 e. The number of nitrogens with zero attached hydrogens (tertiary/aromatic N) is 1. The van der Waals surface area contributed by atoms with Crippen LogP contribution in [0, 0.1) is 35.0 Å². The number of piperidine rings is 1. The van der Waals surface area contributed by atoms with Crippen LogP contribution in [0.2, 0.25) is 0 Å². The molecule has 1 spiro atoms. The third kappa shape index (κ3) is 1.69. The maximum absolute atomic E-state index is 12.2. The van der Waals surface area contributed by atoms with E-state index in [4.69, 9.17) is 9.47 Å². The van der Waals surface area contributed by atoms with E-state index in [1.165, 1.54) is 6.42 Å². The normalized spacial score (nSPS) is 64.3. The lowest BCUT2D eigenvalue weighted by Crippen LogP contribution is -2.75. The molecule has 5 aliphatic carbocycles. The van der Waals surface area contributed by atoms with Gasteiger partial charge >= 0.3 is 0 Å². The van der Waals surface area contributed by atoms with Crippen molar-refractivity contribution in [1.82, 2.24) is 4.90 Å². The first-order chi connectivity index (χ1) is 13.4. The SMILES string of the molecule is CCN1C[C@@H]2CC[C@H](OC)[C@@]34[C@@H]2C[C@@H]([C@@H]13)[C@@]1(O)C[C@@H](OC)[C@@]2(O)C[C@@H]4[C@@H]1[C@@H]2O. The first-order valence-electron chi connectivity index (χ1n) is 11.3. The highest BCUT2D eigenvalue weighted by Gasteiger charge is 2.84. The molecule has 28 heavy (non-hydrogen) atoms. The van der Waals surface area contributed by atoms with Crippen LogP contribution < -0.4 is 0 Å². The number of likely N-dealkylation sites (tertiary alicyclic amines) is 1. The molecule has 0 aromatic carbocycles. The van der Waals surface area contributed by atoms with Crippen molar-refractivity contribution in [1.29, 1.82) is 0 Å². The summed E-state index contributed by atoms with van der Waals surface area (Å²) < 4.78 is 11.9. The second kappa shape index (κ2) is 5.51. The van der Waals surface area contributed by atoms with Crippen molar-refractivity contribution in [2.45, 2.75) is 74.6 Å². The van der Waals surface area contributed by atoms with Crippen molar-refractivity contribution in [3.05, 3.63) is 0 Å². The Hall–Kier alpha value is -0.240. The summed E-state index contributed by atoms with van der Waals surface area (Å²) in [6.45, 7) is 4.33. The Bertz CT molecular complexity index is 690. The molecule has 3 N–H and O–H groups in total. The van der Waals surface area contributed by atoms with Crippen LogP contribution in [0.15, 0.2) is 0 Å². The highest BCUT2D eigenvalue weighted by atomic mass is 16.5. The lowest BCUT2D eigenvalue weighted by atomic mass is 9.46. The van der Waals surface area contributed by atoms with Gasteiger partial charge in [-0.1, -0.05) is 6.92 Å². The van der Waals surface area contributed by atoms with Gasteiger partial charge in [0, 0.05) is 50.5 Å². The van der Waals surface area contributed by atoms with Crippen LogP contribution in [-0.4, -0.2) is 83.1 Å². The molecular formula is C22H35NO5. The van der Waals surface area contributed by atoms with E-state index >= 15 is 0 Å². The van der Waals surface area contributed by atoms with Crippen LogP contribution in [0.25, 0.3) is 0 Å². The molecule has 7 bridgehead atoms. The summed E-state index contributed by atoms with van der Waals surface area (Å²) in [5, 5.41) is 35.0. The van der Waals surface area contributed by atoms with Crippen LogP contribution in [0.5, 0.6) is 0 Å². The summed E-state index contributed by atoms with van der Waals surface area (Å²) in [7, 11) is 3.44. The Morgan fingerprint density at radius 2 is 1.71 bits per heavy atom. The van der Waals surface area contributed by atoms with E-state index < -0.39 is 23.4 Å². The van der Waals surface area contributed by atoms with Crippen LogP contribution >= 0.6 is 0 Å². The van der Waals surface area contributed by atoms with Crippen molar-refractivity contribution >= 4 is 0 Å². The van der Waals surface area contributed by atoms with Gasteiger partial charge in [0.15, 0.2) is 0 Å². The Morgan fingerprint density at radius 3 is 2.39 bits per heavy atom. The number of aliphatic hydroxyl groups excluding tert-OH is 1. The van der Waals surface area contributed by atoms with Gasteiger partial charge in [-0.15, -0.1) is 0 Å². The average Bonchev–Trinajstić information content (AvgIpc) is 3.04. The molecule has 0 unspecified atom stereocenters. The molecule has 1 aliphatic heterocycles. The lowest BCUT2D eigenvalue weighted by molar-refractivity contribution is -0.272. The third-order valence-electron chi connectivity index (χ3n) is 10.6. The summed E-state index contributed by atoms with van der Waals surface area (Å²) in [6, 6.07) is 0.278. The van der Waals surface area contributed by atoms with Crippen LogP contribution in [-0.2, 0) is 9.47 Å². The van der Waals surface area contributed by atoms with Gasteiger partial charge in [-0.05, 0) is 50.0 Å². The van der Waals surface area contributed by atoms with Gasteiger partial charge in [-0.2, -0.15) is 0 Å². The Balaban J connectivity index is 1.59. The Labute approximate surface area is 167 Å². The maximum atomic E-state index is 12.2.